The molecule has 0 spiro atoms. The highest BCUT2D eigenvalue weighted by Crippen LogP contribution is 2.27. The normalized spacial score (nSPS) is 17.6. The van der Waals surface area contributed by atoms with Gasteiger partial charge in [-0.25, -0.2) is 15.3 Å². The van der Waals surface area contributed by atoms with Crippen molar-refractivity contribution < 1.29 is 14.4 Å². The van der Waals surface area contributed by atoms with Gasteiger partial charge in [0.15, 0.2) is 0 Å². The Morgan fingerprint density at radius 1 is 1.30 bits per heavy atom. The number of carbonyl (C=O) groups excluding carboxylic acids is 2. The lowest BCUT2D eigenvalue weighted by atomic mass is 9.97. The average molecular weight is 492 g/mol. The van der Waals surface area contributed by atoms with Gasteiger partial charge in [0.2, 0.25) is 0 Å². The van der Waals surface area contributed by atoms with E-state index in [9.17, 15) is 9.59 Å². The molecule has 0 aliphatic carbocycles. The molecule has 178 valence electrons. The first-order chi connectivity index (χ1) is 15.9. The molecule has 10 heteroatoms. The molecule has 4 heterocycles. The van der Waals surface area contributed by atoms with Gasteiger partial charge in [0.05, 0.1) is 18.4 Å². The zero-order valence-corrected chi connectivity index (χ0v) is 20.8. The van der Waals surface area contributed by atoms with Crippen LogP contribution in [0, 0.1) is 13.8 Å². The van der Waals surface area contributed by atoms with Crippen molar-refractivity contribution in [3.63, 3.8) is 0 Å². The Labute approximate surface area is 203 Å². The van der Waals surface area contributed by atoms with Gasteiger partial charge in [-0.3, -0.25) is 14.5 Å². The Balaban J connectivity index is 1.31. The van der Waals surface area contributed by atoms with Crippen molar-refractivity contribution in [2.24, 2.45) is 0 Å². The van der Waals surface area contributed by atoms with Gasteiger partial charge < -0.3 is 9.80 Å². The van der Waals surface area contributed by atoms with Crippen LogP contribution in [-0.2, 0) is 11.4 Å². The number of likely N-dealkylation sites (tertiary alicyclic amines) is 2. The summed E-state index contributed by atoms with van der Waals surface area (Å²) in [5.74, 6) is 0.0264. The second-order valence-corrected chi connectivity index (χ2v) is 9.89. The minimum Gasteiger partial charge on any atom is -0.335 e. The lowest BCUT2D eigenvalue weighted by Gasteiger charge is -2.48. The monoisotopic (exact) mass is 491 g/mol. The summed E-state index contributed by atoms with van der Waals surface area (Å²) >= 11 is 7.64. The number of amides is 3. The number of aryl methyl sites for hydroxylation is 2. The number of hydrogen-bond donors (Lipinski definition) is 1. The summed E-state index contributed by atoms with van der Waals surface area (Å²) in [4.78, 5) is 40.9. The number of piperidine rings is 1. The maximum absolute atomic E-state index is 13.0. The van der Waals surface area contributed by atoms with Crippen molar-refractivity contribution >= 4 is 34.9 Å². The number of thiophene rings is 1. The second kappa shape index (κ2) is 10.4. The van der Waals surface area contributed by atoms with Crippen molar-refractivity contribution in [2.75, 3.05) is 33.3 Å². The number of rotatable bonds is 6. The molecule has 0 radical (unpaired) electrons. The van der Waals surface area contributed by atoms with Crippen LogP contribution in [0.5, 0.6) is 0 Å². The van der Waals surface area contributed by atoms with Gasteiger partial charge in [0.1, 0.15) is 5.15 Å². The van der Waals surface area contributed by atoms with Crippen LogP contribution in [0.3, 0.4) is 0 Å². The van der Waals surface area contributed by atoms with E-state index >= 15 is 0 Å². The molecule has 2 aromatic heterocycles. The van der Waals surface area contributed by atoms with E-state index in [1.165, 1.54) is 7.11 Å². The molecule has 4 rings (SSSR count). The number of carbonyl (C=O) groups is 2. The fraction of sp³-hybridized carbons (Fsp3) is 0.522. The average Bonchev–Trinajstić information content (AvgIpc) is 3.24. The van der Waals surface area contributed by atoms with Crippen LogP contribution in [0.1, 0.15) is 40.0 Å². The van der Waals surface area contributed by atoms with Gasteiger partial charge in [0.25, 0.3) is 5.91 Å². The predicted molar refractivity (Wildman–Crippen MR) is 128 cm³/mol. The smallest absolute Gasteiger partial charge is 0.335 e. The number of pyridine rings is 1. The predicted octanol–water partition coefficient (Wildman–Crippen LogP) is 3.48. The molecule has 3 amide bonds. The van der Waals surface area contributed by atoms with E-state index in [-0.39, 0.29) is 18.0 Å². The first kappa shape index (κ1) is 23.9. The highest BCUT2D eigenvalue weighted by molar-refractivity contribution is 7.07. The van der Waals surface area contributed by atoms with Crippen LogP contribution >= 0.6 is 22.9 Å². The summed E-state index contributed by atoms with van der Waals surface area (Å²) < 4.78 is 0. The summed E-state index contributed by atoms with van der Waals surface area (Å²) in [6.07, 6.45) is 1.79. The lowest BCUT2D eigenvalue weighted by molar-refractivity contribution is 0.00706. The summed E-state index contributed by atoms with van der Waals surface area (Å²) in [6.45, 7) is 7.54. The van der Waals surface area contributed by atoms with Crippen LogP contribution in [0.4, 0.5) is 4.79 Å². The third kappa shape index (κ3) is 5.32. The van der Waals surface area contributed by atoms with Gasteiger partial charge in [-0.1, -0.05) is 11.6 Å². The molecule has 1 N–H and O–H groups in total. The van der Waals surface area contributed by atoms with E-state index in [1.807, 2.05) is 35.1 Å². The Kier molecular flexibility index (Phi) is 7.53. The van der Waals surface area contributed by atoms with Gasteiger partial charge in [-0.15, -0.1) is 0 Å². The fourth-order valence-corrected chi connectivity index (χ4v) is 5.72. The molecule has 0 aromatic carbocycles. The molecule has 0 bridgehead atoms. The maximum atomic E-state index is 13.0. The number of urea groups is 1. The van der Waals surface area contributed by atoms with Crippen molar-refractivity contribution in [3.8, 4) is 0 Å². The topological polar surface area (TPSA) is 78.0 Å². The van der Waals surface area contributed by atoms with E-state index in [1.54, 1.807) is 17.4 Å². The molecule has 2 fully saturated rings. The number of halogens is 1. The van der Waals surface area contributed by atoms with Crippen molar-refractivity contribution in [1.82, 2.24) is 25.2 Å². The first-order valence-electron chi connectivity index (χ1n) is 11.1. The zero-order chi connectivity index (χ0) is 23.5. The fourth-order valence-electron chi connectivity index (χ4n) is 4.77. The Hall–Kier alpha value is -2.20. The van der Waals surface area contributed by atoms with E-state index in [4.69, 9.17) is 16.4 Å². The zero-order valence-electron chi connectivity index (χ0n) is 19.2. The van der Waals surface area contributed by atoms with Gasteiger partial charge >= 0.3 is 6.03 Å². The molecule has 2 saturated heterocycles. The van der Waals surface area contributed by atoms with Crippen LogP contribution in [-0.4, -0.2) is 77.0 Å². The van der Waals surface area contributed by atoms with Gasteiger partial charge in [-0.05, 0) is 60.7 Å². The molecule has 8 nitrogen and oxygen atoms in total. The van der Waals surface area contributed by atoms with Gasteiger partial charge in [0, 0.05) is 44.8 Å². The maximum Gasteiger partial charge on any atom is 0.341 e. The third-order valence-corrected chi connectivity index (χ3v) is 7.49. The number of aromatic nitrogens is 1. The van der Waals surface area contributed by atoms with E-state index in [2.05, 4.69) is 20.7 Å². The highest BCUT2D eigenvalue weighted by Gasteiger charge is 2.38. The Morgan fingerprint density at radius 2 is 2.03 bits per heavy atom. The number of nitrogens with one attached hydrogen (secondary N) is 1. The molecule has 0 atom stereocenters. The van der Waals surface area contributed by atoms with Crippen LogP contribution in [0.2, 0.25) is 5.15 Å². The summed E-state index contributed by atoms with van der Waals surface area (Å²) in [5, 5.41) is 4.51. The molecular formula is C23H30ClN5O3S. The van der Waals surface area contributed by atoms with Crippen molar-refractivity contribution in [2.45, 2.75) is 45.3 Å². The third-order valence-electron chi connectivity index (χ3n) is 6.57. The molecule has 2 aliphatic heterocycles. The second-order valence-electron chi connectivity index (χ2n) is 8.72. The minimum atomic E-state index is -0.204. The largest absolute Gasteiger partial charge is 0.341 e. The Morgan fingerprint density at radius 3 is 2.64 bits per heavy atom. The summed E-state index contributed by atoms with van der Waals surface area (Å²) in [7, 11) is 1.45. The SMILES string of the molecule is CONC(=O)N(Cc1ccsc1)C1CCN(C2CN(C(=O)c3c(C)cc(Cl)nc3C)C2)CC1. The Bertz CT molecular complexity index is 965. The molecule has 2 aliphatic rings. The number of hydroxylamine groups is 1. The standard InChI is InChI=1S/C23H30ClN5O3S/c1-15-10-20(24)25-16(2)21(15)22(30)28-12-19(13-28)27-7-4-18(5-8-27)29(23(31)26-32-3)11-17-6-9-33-14-17/h6,9-10,14,18-19H,4-5,7-8,11-13H2,1-3H3,(H,26,31). The molecule has 2 aromatic rings. The minimum absolute atomic E-state index is 0.0264. The summed E-state index contributed by atoms with van der Waals surface area (Å²) in [6, 6.07) is 4.09. The van der Waals surface area contributed by atoms with Crippen molar-refractivity contribution in [3.05, 3.63) is 50.4 Å². The van der Waals surface area contributed by atoms with E-state index in [0.717, 1.165) is 37.1 Å². The molecule has 33 heavy (non-hydrogen) atoms. The van der Waals surface area contributed by atoms with E-state index in [0.29, 0.717) is 42.1 Å². The number of hydrogen-bond acceptors (Lipinski definition) is 6. The molecule has 0 saturated carbocycles. The summed E-state index contributed by atoms with van der Waals surface area (Å²) in [5.41, 5.74) is 5.80. The first-order valence-corrected chi connectivity index (χ1v) is 12.5. The molecular weight excluding hydrogens is 462 g/mol. The van der Waals surface area contributed by atoms with E-state index < -0.39 is 0 Å². The van der Waals surface area contributed by atoms with Crippen molar-refractivity contribution in [1.29, 1.82) is 0 Å². The van der Waals surface area contributed by atoms with Crippen LogP contribution in [0.25, 0.3) is 0 Å². The lowest BCUT2D eigenvalue weighted by Crippen LogP contribution is -2.63. The molecule has 0 unspecified atom stereocenters. The van der Waals surface area contributed by atoms with Gasteiger partial charge in [-0.2, -0.15) is 11.3 Å². The van der Waals surface area contributed by atoms with Crippen LogP contribution in [0.15, 0.2) is 22.9 Å². The number of nitrogens with zero attached hydrogens (tertiary/aromatic N) is 4. The quantitative estimate of drug-likeness (QED) is 0.494. The highest BCUT2D eigenvalue weighted by atomic mass is 35.5. The van der Waals surface area contributed by atoms with Crippen LogP contribution < -0.4 is 5.48 Å².